The molecule has 2 heterocycles. The Kier molecular flexibility index (Phi) is 2.48. The van der Waals surface area contributed by atoms with Crippen LogP contribution in [0.2, 0.25) is 0 Å². The molecule has 1 saturated heterocycles. The van der Waals surface area contributed by atoms with Gasteiger partial charge in [-0.05, 0) is 12.8 Å². The maximum Gasteiger partial charge on any atom is 0.330 e. The summed E-state index contributed by atoms with van der Waals surface area (Å²) in [6.07, 6.45) is 5.57. The summed E-state index contributed by atoms with van der Waals surface area (Å²) in [5, 5.41) is 0. The van der Waals surface area contributed by atoms with Gasteiger partial charge < -0.3 is 9.30 Å². The Morgan fingerprint density at radius 3 is 2.83 bits per heavy atom. The fraction of sp³-hybridized carbons (Fsp3) is 0.692. The zero-order chi connectivity index (χ0) is 12.9. The van der Waals surface area contributed by atoms with Crippen LogP contribution in [0, 0.1) is 0 Å². The Labute approximate surface area is 105 Å². The normalized spacial score (nSPS) is 30.0. The van der Waals surface area contributed by atoms with Gasteiger partial charge in [-0.15, -0.1) is 0 Å². The Hall–Kier alpha value is -1.36. The van der Waals surface area contributed by atoms with Crippen molar-refractivity contribution in [2.75, 3.05) is 0 Å². The quantitative estimate of drug-likeness (QED) is 0.711. The second-order valence-corrected chi connectivity index (χ2v) is 5.47. The first-order chi connectivity index (χ1) is 8.53. The number of nitrogens with zero attached hydrogens (tertiary/aromatic N) is 2. The number of aromatic nitrogens is 2. The lowest BCUT2D eigenvalue weighted by molar-refractivity contribution is 0.280. The van der Waals surface area contributed by atoms with E-state index in [1.54, 1.807) is 17.7 Å². The van der Waals surface area contributed by atoms with Gasteiger partial charge in [0.25, 0.3) is 5.56 Å². The van der Waals surface area contributed by atoms with Gasteiger partial charge in [-0.25, -0.2) is 4.79 Å². The van der Waals surface area contributed by atoms with Crippen LogP contribution < -0.4 is 11.2 Å². The van der Waals surface area contributed by atoms with Crippen LogP contribution in [0.1, 0.15) is 31.4 Å². The van der Waals surface area contributed by atoms with Crippen LogP contribution in [-0.4, -0.2) is 20.8 Å². The van der Waals surface area contributed by atoms with Gasteiger partial charge in [-0.2, -0.15) is 0 Å². The fourth-order valence-electron chi connectivity index (χ4n) is 3.04. The van der Waals surface area contributed by atoms with Crippen molar-refractivity contribution in [1.29, 1.82) is 0 Å². The van der Waals surface area contributed by atoms with E-state index in [1.807, 2.05) is 0 Å². The second kappa shape index (κ2) is 3.82. The lowest BCUT2D eigenvalue weighted by atomic mass is 9.86. The third-order valence-electron chi connectivity index (χ3n) is 4.33. The maximum absolute atomic E-state index is 11.9. The number of ether oxygens (including phenoxy) is 1. The number of rotatable bonds is 2. The van der Waals surface area contributed by atoms with Crippen molar-refractivity contribution < 1.29 is 4.74 Å². The van der Waals surface area contributed by atoms with Gasteiger partial charge in [0, 0.05) is 32.3 Å². The molecule has 2 unspecified atom stereocenters. The predicted octanol–water partition coefficient (Wildman–Crippen LogP) is 0.338. The number of fused-ring (bicyclic) bond motifs is 1. The average Bonchev–Trinajstić information content (AvgIpc) is 3.07. The van der Waals surface area contributed by atoms with Crippen molar-refractivity contribution in [2.45, 2.75) is 43.8 Å². The largest absolute Gasteiger partial charge is 0.366 e. The van der Waals surface area contributed by atoms with Crippen molar-refractivity contribution in [3.05, 3.63) is 32.6 Å². The molecule has 98 valence electrons. The maximum atomic E-state index is 11.9. The number of epoxide rings is 1. The molecule has 0 spiro atoms. The zero-order valence-corrected chi connectivity index (χ0v) is 10.8. The zero-order valence-electron chi connectivity index (χ0n) is 10.8. The van der Waals surface area contributed by atoms with E-state index in [9.17, 15) is 9.59 Å². The molecule has 18 heavy (non-hydrogen) atoms. The standard InChI is InChI=1S/C13H18N2O3/c1-14-9(7-11(16)15(2)12(14)17)8-13-6-4-3-5-10(13)18-13/h7,10H,3-6,8H2,1-2H3. The average molecular weight is 250 g/mol. The molecule has 1 aliphatic heterocycles. The highest BCUT2D eigenvalue weighted by molar-refractivity contribution is 5.15. The van der Waals surface area contributed by atoms with Crippen LogP contribution in [0.5, 0.6) is 0 Å². The fourth-order valence-corrected chi connectivity index (χ4v) is 3.04. The van der Waals surface area contributed by atoms with Gasteiger partial charge in [0.05, 0.1) is 6.10 Å². The monoisotopic (exact) mass is 250 g/mol. The number of hydrogen-bond donors (Lipinski definition) is 0. The molecule has 2 aliphatic rings. The lowest BCUT2D eigenvalue weighted by Crippen LogP contribution is -2.39. The molecule has 3 rings (SSSR count). The topological polar surface area (TPSA) is 56.5 Å². The Morgan fingerprint density at radius 1 is 1.33 bits per heavy atom. The lowest BCUT2D eigenvalue weighted by Gasteiger charge is -2.18. The minimum Gasteiger partial charge on any atom is -0.366 e. The van der Waals surface area contributed by atoms with Gasteiger partial charge in [0.15, 0.2) is 0 Å². The Balaban J connectivity index is 1.95. The van der Waals surface area contributed by atoms with Gasteiger partial charge in [-0.1, -0.05) is 12.8 Å². The van der Waals surface area contributed by atoms with Crippen LogP contribution in [0.4, 0.5) is 0 Å². The molecule has 0 radical (unpaired) electrons. The third-order valence-corrected chi connectivity index (χ3v) is 4.33. The minimum absolute atomic E-state index is 0.0885. The molecule has 2 atom stereocenters. The van der Waals surface area contributed by atoms with Crippen molar-refractivity contribution >= 4 is 0 Å². The van der Waals surface area contributed by atoms with Crippen molar-refractivity contribution in [3.63, 3.8) is 0 Å². The molecule has 0 amide bonds. The Bertz CT molecular complexity index is 601. The first-order valence-corrected chi connectivity index (χ1v) is 6.47. The van der Waals surface area contributed by atoms with Crippen molar-refractivity contribution in [2.24, 2.45) is 14.1 Å². The summed E-state index contributed by atoms with van der Waals surface area (Å²) < 4.78 is 8.50. The van der Waals surface area contributed by atoms with E-state index in [0.29, 0.717) is 12.5 Å². The molecule has 5 nitrogen and oxygen atoms in total. The molecule has 1 aliphatic carbocycles. The minimum atomic E-state index is -0.262. The summed E-state index contributed by atoms with van der Waals surface area (Å²) in [6.45, 7) is 0. The van der Waals surface area contributed by atoms with Crippen LogP contribution >= 0.6 is 0 Å². The van der Waals surface area contributed by atoms with E-state index in [0.717, 1.165) is 23.1 Å². The van der Waals surface area contributed by atoms with Gasteiger partial charge in [0.1, 0.15) is 5.60 Å². The first kappa shape index (κ1) is 11.7. The van der Waals surface area contributed by atoms with E-state index in [1.165, 1.54) is 19.9 Å². The van der Waals surface area contributed by atoms with E-state index in [-0.39, 0.29) is 16.9 Å². The Morgan fingerprint density at radius 2 is 2.11 bits per heavy atom. The summed E-state index contributed by atoms with van der Waals surface area (Å²) in [4.78, 5) is 23.5. The predicted molar refractivity (Wildman–Crippen MR) is 66.7 cm³/mol. The SMILES string of the molecule is Cn1c(CC23CCCCC2O3)cc(=O)n(C)c1=O. The molecule has 0 bridgehead atoms. The molecule has 2 fully saturated rings. The molecular formula is C13H18N2O3. The molecule has 1 aromatic rings. The van der Waals surface area contributed by atoms with E-state index in [4.69, 9.17) is 4.74 Å². The van der Waals surface area contributed by atoms with Crippen LogP contribution in [0.25, 0.3) is 0 Å². The van der Waals surface area contributed by atoms with Crippen LogP contribution in [0.15, 0.2) is 15.7 Å². The first-order valence-electron chi connectivity index (χ1n) is 6.47. The van der Waals surface area contributed by atoms with E-state index < -0.39 is 0 Å². The van der Waals surface area contributed by atoms with E-state index >= 15 is 0 Å². The summed E-state index contributed by atoms with van der Waals surface area (Å²) >= 11 is 0. The molecule has 1 aromatic heterocycles. The molecule has 0 N–H and O–H groups in total. The van der Waals surface area contributed by atoms with E-state index in [2.05, 4.69) is 0 Å². The van der Waals surface area contributed by atoms with Crippen molar-refractivity contribution in [1.82, 2.24) is 9.13 Å². The molecule has 1 saturated carbocycles. The third kappa shape index (κ3) is 1.65. The summed E-state index contributed by atoms with van der Waals surface area (Å²) in [5.41, 5.74) is 0.196. The molecule has 0 aromatic carbocycles. The summed E-state index contributed by atoms with van der Waals surface area (Å²) in [7, 11) is 3.22. The highest BCUT2D eigenvalue weighted by atomic mass is 16.6. The molecular weight excluding hydrogens is 232 g/mol. The van der Waals surface area contributed by atoms with Gasteiger partial charge >= 0.3 is 5.69 Å². The highest BCUT2D eigenvalue weighted by Gasteiger charge is 2.57. The second-order valence-electron chi connectivity index (χ2n) is 5.47. The van der Waals surface area contributed by atoms with Crippen molar-refractivity contribution in [3.8, 4) is 0 Å². The van der Waals surface area contributed by atoms with Gasteiger partial charge in [0.2, 0.25) is 0 Å². The van der Waals surface area contributed by atoms with Crippen LogP contribution in [-0.2, 0) is 25.3 Å². The smallest absolute Gasteiger partial charge is 0.330 e. The highest BCUT2D eigenvalue weighted by Crippen LogP contribution is 2.49. The molecule has 5 heteroatoms. The summed E-state index contributed by atoms with van der Waals surface area (Å²) in [6, 6.07) is 1.56. The number of hydrogen-bond acceptors (Lipinski definition) is 3. The van der Waals surface area contributed by atoms with Gasteiger partial charge in [-0.3, -0.25) is 9.36 Å². The summed E-state index contributed by atoms with van der Waals surface area (Å²) in [5.74, 6) is 0. The van der Waals surface area contributed by atoms with Crippen LogP contribution in [0.3, 0.4) is 0 Å².